The van der Waals surface area contributed by atoms with Gasteiger partial charge in [0.05, 0.1) is 0 Å². The molecule has 1 saturated carbocycles. The lowest BCUT2D eigenvalue weighted by molar-refractivity contribution is 0.382. The van der Waals surface area contributed by atoms with Gasteiger partial charge in [-0.25, -0.2) is 0 Å². The molecule has 0 spiro atoms. The van der Waals surface area contributed by atoms with Crippen molar-refractivity contribution in [3.63, 3.8) is 0 Å². The lowest BCUT2D eigenvalue weighted by atomic mass is 9.86. The molecule has 0 aromatic rings. The molecule has 1 fully saturated rings. The van der Waals surface area contributed by atoms with Gasteiger partial charge in [-0.3, -0.25) is 0 Å². The minimum atomic E-state index is 0.836. The Kier molecular flexibility index (Phi) is 4.69. The normalized spacial score (nSPS) is 24.4. The van der Waals surface area contributed by atoms with Gasteiger partial charge < -0.3 is 0 Å². The SMILES string of the molecule is C=C=C(C)C[C@@H]1CCC[C@H]1CC(C)=C=C. The van der Waals surface area contributed by atoms with E-state index in [0.29, 0.717) is 0 Å². The maximum atomic E-state index is 3.72. The van der Waals surface area contributed by atoms with Crippen LogP contribution in [0.2, 0.25) is 0 Å². The van der Waals surface area contributed by atoms with E-state index in [2.05, 4.69) is 38.5 Å². The Hall–Kier alpha value is -0.960. The molecule has 0 aromatic heterocycles. The van der Waals surface area contributed by atoms with Gasteiger partial charge in [0, 0.05) is 0 Å². The van der Waals surface area contributed by atoms with Gasteiger partial charge in [0.25, 0.3) is 0 Å². The van der Waals surface area contributed by atoms with Crippen molar-refractivity contribution in [3.8, 4) is 0 Å². The van der Waals surface area contributed by atoms with Crippen LogP contribution in [0.25, 0.3) is 0 Å². The summed E-state index contributed by atoms with van der Waals surface area (Å²) < 4.78 is 0. The molecule has 0 saturated heterocycles. The Balaban J connectivity index is 2.57. The number of allylic oxidation sites excluding steroid dienone is 2. The van der Waals surface area contributed by atoms with Crippen molar-refractivity contribution in [1.82, 2.24) is 0 Å². The van der Waals surface area contributed by atoms with Crippen LogP contribution in [0.4, 0.5) is 0 Å². The van der Waals surface area contributed by atoms with E-state index in [-0.39, 0.29) is 0 Å². The van der Waals surface area contributed by atoms with Crippen molar-refractivity contribution in [3.05, 3.63) is 35.8 Å². The van der Waals surface area contributed by atoms with Crippen molar-refractivity contribution in [1.29, 1.82) is 0 Å². The van der Waals surface area contributed by atoms with Crippen LogP contribution < -0.4 is 0 Å². The van der Waals surface area contributed by atoms with E-state index < -0.39 is 0 Å². The molecule has 0 amide bonds. The van der Waals surface area contributed by atoms with Gasteiger partial charge in [0.15, 0.2) is 0 Å². The summed E-state index contributed by atoms with van der Waals surface area (Å²) in [7, 11) is 0. The van der Waals surface area contributed by atoms with E-state index in [9.17, 15) is 0 Å². The molecule has 0 bridgehead atoms. The third kappa shape index (κ3) is 3.59. The second-order valence-electron chi connectivity index (χ2n) is 4.77. The van der Waals surface area contributed by atoms with Crippen molar-refractivity contribution in [2.24, 2.45) is 11.8 Å². The number of hydrogen-bond acceptors (Lipinski definition) is 0. The molecule has 0 aromatic carbocycles. The van der Waals surface area contributed by atoms with E-state index >= 15 is 0 Å². The largest absolute Gasteiger partial charge is 0.130 e. The Bertz CT molecular complexity index is 277. The average Bonchev–Trinajstić information content (AvgIpc) is 2.65. The fourth-order valence-electron chi connectivity index (χ4n) is 2.58. The molecule has 1 aliphatic rings. The summed E-state index contributed by atoms with van der Waals surface area (Å²) in [6.07, 6.45) is 6.48. The predicted octanol–water partition coefficient (Wildman–Crippen LogP) is 4.65. The van der Waals surface area contributed by atoms with Crippen molar-refractivity contribution < 1.29 is 0 Å². The smallest absolute Gasteiger partial charge is 0.0216 e. The zero-order valence-corrected chi connectivity index (χ0v) is 10.1. The molecule has 0 heterocycles. The summed E-state index contributed by atoms with van der Waals surface area (Å²) in [6.45, 7) is 11.7. The molecule has 0 N–H and O–H groups in total. The zero-order valence-electron chi connectivity index (χ0n) is 10.1. The molecular weight excluding hydrogens is 180 g/mol. The second kappa shape index (κ2) is 5.81. The minimum Gasteiger partial charge on any atom is -0.130 e. The predicted molar refractivity (Wildman–Crippen MR) is 66.7 cm³/mol. The van der Waals surface area contributed by atoms with Gasteiger partial charge in [-0.2, -0.15) is 0 Å². The number of hydrogen-bond donors (Lipinski definition) is 0. The Labute approximate surface area is 94.1 Å². The van der Waals surface area contributed by atoms with Crippen LogP contribution in [-0.2, 0) is 0 Å². The van der Waals surface area contributed by atoms with E-state index in [4.69, 9.17) is 0 Å². The van der Waals surface area contributed by atoms with Crippen molar-refractivity contribution in [2.45, 2.75) is 46.0 Å². The van der Waals surface area contributed by atoms with E-state index in [1.165, 1.54) is 43.3 Å². The summed E-state index contributed by atoms with van der Waals surface area (Å²) >= 11 is 0. The third-order valence-corrected chi connectivity index (χ3v) is 3.56. The molecule has 0 nitrogen and oxygen atoms in total. The molecule has 0 radical (unpaired) electrons. The fourth-order valence-corrected chi connectivity index (χ4v) is 2.58. The maximum absolute atomic E-state index is 3.72. The standard InChI is InChI=1S/C15H22/c1-5-12(3)10-14-8-7-9-15(14)11-13(4)6-2/h14-15H,1-2,7-11H2,3-4H3/t14-,15-/m0/s1. The maximum Gasteiger partial charge on any atom is -0.0216 e. The first-order chi connectivity index (χ1) is 7.17. The Morgan fingerprint density at radius 2 is 1.40 bits per heavy atom. The molecule has 0 unspecified atom stereocenters. The van der Waals surface area contributed by atoms with Crippen LogP contribution in [0.3, 0.4) is 0 Å². The van der Waals surface area contributed by atoms with Gasteiger partial charge in [0.2, 0.25) is 0 Å². The molecule has 1 rings (SSSR count). The van der Waals surface area contributed by atoms with Crippen LogP contribution in [0, 0.1) is 11.8 Å². The third-order valence-electron chi connectivity index (χ3n) is 3.56. The molecule has 2 atom stereocenters. The molecule has 1 aliphatic carbocycles. The quantitative estimate of drug-likeness (QED) is 0.582. The van der Waals surface area contributed by atoms with Crippen LogP contribution in [0.15, 0.2) is 35.8 Å². The highest BCUT2D eigenvalue weighted by atomic mass is 14.3. The van der Waals surface area contributed by atoms with Gasteiger partial charge in [-0.15, -0.1) is 11.5 Å². The highest BCUT2D eigenvalue weighted by Crippen LogP contribution is 2.39. The topological polar surface area (TPSA) is 0 Å². The van der Waals surface area contributed by atoms with Gasteiger partial charge in [-0.1, -0.05) is 19.6 Å². The summed E-state index contributed by atoms with van der Waals surface area (Å²) in [6, 6.07) is 0. The van der Waals surface area contributed by atoms with Crippen LogP contribution in [-0.4, -0.2) is 0 Å². The zero-order chi connectivity index (χ0) is 11.3. The molecule has 0 heteroatoms. The van der Waals surface area contributed by atoms with E-state index in [0.717, 1.165) is 11.8 Å². The van der Waals surface area contributed by atoms with E-state index in [1.54, 1.807) is 0 Å². The second-order valence-corrected chi connectivity index (χ2v) is 4.77. The first kappa shape index (κ1) is 12.1. The van der Waals surface area contributed by atoms with Crippen LogP contribution in [0.5, 0.6) is 0 Å². The summed E-state index contributed by atoms with van der Waals surface area (Å²) in [5.41, 5.74) is 8.65. The van der Waals surface area contributed by atoms with Gasteiger partial charge in [-0.05, 0) is 62.5 Å². The van der Waals surface area contributed by atoms with E-state index in [1.807, 2.05) is 0 Å². The highest BCUT2D eigenvalue weighted by molar-refractivity contribution is 5.02. The summed E-state index contributed by atoms with van der Waals surface area (Å²) in [5, 5.41) is 0. The molecule has 82 valence electrons. The molecule has 15 heavy (non-hydrogen) atoms. The molecule has 0 aliphatic heterocycles. The van der Waals surface area contributed by atoms with Crippen molar-refractivity contribution >= 4 is 0 Å². The fraction of sp³-hybridized carbons (Fsp3) is 0.600. The first-order valence-corrected chi connectivity index (χ1v) is 5.88. The summed E-state index contributed by atoms with van der Waals surface area (Å²) in [5.74, 6) is 1.67. The first-order valence-electron chi connectivity index (χ1n) is 5.88. The minimum absolute atomic E-state index is 0.836. The monoisotopic (exact) mass is 202 g/mol. The Morgan fingerprint density at radius 3 is 1.73 bits per heavy atom. The average molecular weight is 202 g/mol. The lowest BCUT2D eigenvalue weighted by Gasteiger charge is -2.19. The number of rotatable bonds is 4. The van der Waals surface area contributed by atoms with Gasteiger partial charge >= 0.3 is 0 Å². The van der Waals surface area contributed by atoms with Crippen LogP contribution in [0.1, 0.15) is 46.0 Å². The van der Waals surface area contributed by atoms with Crippen LogP contribution >= 0.6 is 0 Å². The van der Waals surface area contributed by atoms with Gasteiger partial charge in [0.1, 0.15) is 0 Å². The Morgan fingerprint density at radius 1 is 1.00 bits per heavy atom. The molecular formula is C15H22. The van der Waals surface area contributed by atoms with Crippen molar-refractivity contribution in [2.75, 3.05) is 0 Å². The lowest BCUT2D eigenvalue weighted by Crippen LogP contribution is -2.08. The highest BCUT2D eigenvalue weighted by Gasteiger charge is 2.27. The summed E-state index contributed by atoms with van der Waals surface area (Å²) in [4.78, 5) is 0.